The van der Waals surface area contributed by atoms with Gasteiger partial charge in [0.1, 0.15) is 0 Å². The fraction of sp³-hybridized carbons (Fsp3) is 0.625. The van der Waals surface area contributed by atoms with Crippen LogP contribution in [0.5, 0.6) is 0 Å². The van der Waals surface area contributed by atoms with Gasteiger partial charge in [0.05, 0.1) is 0 Å². The summed E-state index contributed by atoms with van der Waals surface area (Å²) in [5, 5.41) is 0. The van der Waals surface area contributed by atoms with Crippen molar-refractivity contribution in [3.63, 3.8) is 0 Å². The summed E-state index contributed by atoms with van der Waals surface area (Å²) >= 11 is 0. The van der Waals surface area contributed by atoms with Crippen molar-refractivity contribution in [3.8, 4) is 0 Å². The van der Waals surface area contributed by atoms with Gasteiger partial charge in [-0.05, 0) is 73.6 Å². The molecule has 3 rings (SSSR count). The fourth-order valence-electron chi connectivity index (χ4n) is 3.75. The van der Waals surface area contributed by atoms with Gasteiger partial charge in [-0.15, -0.1) is 0 Å². The van der Waals surface area contributed by atoms with Crippen LogP contribution in [0.2, 0.25) is 0 Å². The Kier molecular flexibility index (Phi) is 3.19. The summed E-state index contributed by atoms with van der Waals surface area (Å²) in [5.74, 6) is 1.63. The van der Waals surface area contributed by atoms with Gasteiger partial charge in [-0.3, -0.25) is 0 Å². The molecule has 2 unspecified atom stereocenters. The molecule has 0 aliphatic heterocycles. The summed E-state index contributed by atoms with van der Waals surface area (Å²) in [5.41, 5.74) is 10.6. The first-order valence-corrected chi connectivity index (χ1v) is 7.17. The maximum absolute atomic E-state index is 5.87. The Morgan fingerprint density at radius 2 is 1.82 bits per heavy atom. The van der Waals surface area contributed by atoms with Crippen molar-refractivity contribution in [2.45, 2.75) is 44.9 Å². The molecule has 1 aromatic rings. The SMILES string of the molecule is NCC1CCCC1Cc1ccc2c(c1)CCC2. The lowest BCUT2D eigenvalue weighted by Gasteiger charge is -2.18. The Labute approximate surface area is 104 Å². The smallest absolute Gasteiger partial charge is 0.00461 e. The molecule has 0 heterocycles. The zero-order chi connectivity index (χ0) is 11.7. The molecule has 0 spiro atoms. The molecule has 2 aliphatic rings. The summed E-state index contributed by atoms with van der Waals surface area (Å²) in [6.45, 7) is 0.885. The van der Waals surface area contributed by atoms with Gasteiger partial charge >= 0.3 is 0 Å². The standard InChI is InChI=1S/C16H23N/c17-11-16-6-2-5-15(16)10-12-7-8-13-3-1-4-14(13)9-12/h7-9,15-16H,1-6,10-11,17H2. The molecule has 2 N–H and O–H groups in total. The second kappa shape index (κ2) is 4.81. The lowest BCUT2D eigenvalue weighted by Crippen LogP contribution is -2.20. The predicted molar refractivity (Wildman–Crippen MR) is 72.1 cm³/mol. The Morgan fingerprint density at radius 3 is 2.71 bits per heavy atom. The first-order valence-electron chi connectivity index (χ1n) is 7.17. The van der Waals surface area contributed by atoms with E-state index in [1.54, 1.807) is 16.7 Å². The van der Waals surface area contributed by atoms with Crippen LogP contribution in [0, 0.1) is 11.8 Å². The van der Waals surface area contributed by atoms with Gasteiger partial charge < -0.3 is 5.73 Å². The molecule has 2 aliphatic carbocycles. The van der Waals surface area contributed by atoms with E-state index in [4.69, 9.17) is 5.73 Å². The van der Waals surface area contributed by atoms with Crippen LogP contribution in [0.1, 0.15) is 42.4 Å². The fourth-order valence-corrected chi connectivity index (χ4v) is 3.75. The minimum atomic E-state index is 0.781. The highest BCUT2D eigenvalue weighted by Crippen LogP contribution is 2.34. The van der Waals surface area contributed by atoms with E-state index in [9.17, 15) is 0 Å². The highest BCUT2D eigenvalue weighted by atomic mass is 14.6. The van der Waals surface area contributed by atoms with E-state index in [2.05, 4.69) is 18.2 Å². The van der Waals surface area contributed by atoms with Gasteiger partial charge in [-0.1, -0.05) is 24.6 Å². The maximum atomic E-state index is 5.87. The van der Waals surface area contributed by atoms with E-state index >= 15 is 0 Å². The molecule has 1 aromatic carbocycles. The Balaban J connectivity index is 1.72. The maximum Gasteiger partial charge on any atom is -0.00461 e. The highest BCUT2D eigenvalue weighted by molar-refractivity contribution is 5.35. The Hall–Kier alpha value is -0.820. The molecule has 1 saturated carbocycles. The van der Waals surface area contributed by atoms with Crippen molar-refractivity contribution in [2.75, 3.05) is 6.54 Å². The van der Waals surface area contributed by atoms with E-state index in [1.165, 1.54) is 44.9 Å². The number of fused-ring (bicyclic) bond motifs is 1. The van der Waals surface area contributed by atoms with Gasteiger partial charge in [0.2, 0.25) is 0 Å². The van der Waals surface area contributed by atoms with Crippen LogP contribution in [-0.2, 0) is 19.3 Å². The van der Waals surface area contributed by atoms with Crippen molar-refractivity contribution in [1.82, 2.24) is 0 Å². The van der Waals surface area contributed by atoms with Crippen LogP contribution in [0.25, 0.3) is 0 Å². The minimum absolute atomic E-state index is 0.781. The second-order valence-electron chi connectivity index (χ2n) is 5.85. The number of nitrogens with two attached hydrogens (primary N) is 1. The monoisotopic (exact) mass is 229 g/mol. The van der Waals surface area contributed by atoms with Crippen molar-refractivity contribution < 1.29 is 0 Å². The quantitative estimate of drug-likeness (QED) is 0.847. The molecule has 0 aromatic heterocycles. The van der Waals surface area contributed by atoms with E-state index in [0.717, 1.165) is 18.4 Å². The average molecular weight is 229 g/mol. The molecular formula is C16H23N. The minimum Gasteiger partial charge on any atom is -0.330 e. The lowest BCUT2D eigenvalue weighted by atomic mass is 9.89. The van der Waals surface area contributed by atoms with Gasteiger partial charge in [0.15, 0.2) is 0 Å². The molecule has 0 radical (unpaired) electrons. The summed E-state index contributed by atoms with van der Waals surface area (Å²) in [7, 11) is 0. The van der Waals surface area contributed by atoms with Gasteiger partial charge in [-0.2, -0.15) is 0 Å². The normalized spacial score (nSPS) is 27.4. The largest absolute Gasteiger partial charge is 0.330 e. The molecule has 0 saturated heterocycles. The third-order valence-corrected chi connectivity index (χ3v) is 4.78. The molecule has 1 nitrogen and oxygen atoms in total. The molecule has 1 fully saturated rings. The third kappa shape index (κ3) is 2.26. The number of benzene rings is 1. The highest BCUT2D eigenvalue weighted by Gasteiger charge is 2.26. The van der Waals surface area contributed by atoms with Crippen LogP contribution in [-0.4, -0.2) is 6.54 Å². The summed E-state index contributed by atoms with van der Waals surface area (Å²) in [6.07, 6.45) is 9.34. The third-order valence-electron chi connectivity index (χ3n) is 4.78. The van der Waals surface area contributed by atoms with Gasteiger partial charge in [0.25, 0.3) is 0 Å². The van der Waals surface area contributed by atoms with Crippen LogP contribution in [0.3, 0.4) is 0 Å². The van der Waals surface area contributed by atoms with Crippen molar-refractivity contribution in [3.05, 3.63) is 34.9 Å². The number of aryl methyl sites for hydroxylation is 2. The zero-order valence-electron chi connectivity index (χ0n) is 10.6. The van der Waals surface area contributed by atoms with E-state index in [0.29, 0.717) is 0 Å². The first-order chi connectivity index (χ1) is 8.36. The van der Waals surface area contributed by atoms with Crippen molar-refractivity contribution in [1.29, 1.82) is 0 Å². The average Bonchev–Trinajstić information content (AvgIpc) is 2.96. The molecular weight excluding hydrogens is 206 g/mol. The van der Waals surface area contributed by atoms with Crippen LogP contribution in [0.4, 0.5) is 0 Å². The number of rotatable bonds is 3. The molecule has 0 amide bonds. The molecule has 17 heavy (non-hydrogen) atoms. The molecule has 92 valence electrons. The van der Waals surface area contributed by atoms with E-state index in [-0.39, 0.29) is 0 Å². The number of hydrogen-bond donors (Lipinski definition) is 1. The Bertz CT molecular complexity index is 397. The van der Waals surface area contributed by atoms with E-state index < -0.39 is 0 Å². The van der Waals surface area contributed by atoms with Gasteiger partial charge in [-0.25, -0.2) is 0 Å². The topological polar surface area (TPSA) is 26.0 Å². The van der Waals surface area contributed by atoms with Crippen LogP contribution in [0.15, 0.2) is 18.2 Å². The summed E-state index contributed by atoms with van der Waals surface area (Å²) in [4.78, 5) is 0. The first kappa shape index (κ1) is 11.3. The Morgan fingerprint density at radius 1 is 1.00 bits per heavy atom. The molecule has 0 bridgehead atoms. The van der Waals surface area contributed by atoms with Crippen molar-refractivity contribution in [2.24, 2.45) is 17.6 Å². The van der Waals surface area contributed by atoms with Crippen LogP contribution < -0.4 is 5.73 Å². The second-order valence-corrected chi connectivity index (χ2v) is 5.85. The van der Waals surface area contributed by atoms with Crippen LogP contribution >= 0.6 is 0 Å². The zero-order valence-corrected chi connectivity index (χ0v) is 10.6. The van der Waals surface area contributed by atoms with E-state index in [1.807, 2.05) is 0 Å². The molecule has 1 heteroatoms. The van der Waals surface area contributed by atoms with Gasteiger partial charge in [0, 0.05) is 0 Å². The lowest BCUT2D eigenvalue weighted by molar-refractivity contribution is 0.394. The predicted octanol–water partition coefficient (Wildman–Crippen LogP) is 3.09. The number of hydrogen-bond acceptors (Lipinski definition) is 1. The summed E-state index contributed by atoms with van der Waals surface area (Å²) in [6, 6.07) is 7.19. The summed E-state index contributed by atoms with van der Waals surface area (Å²) < 4.78 is 0. The van der Waals surface area contributed by atoms with Crippen molar-refractivity contribution >= 4 is 0 Å². The molecule has 2 atom stereocenters.